The standard InChI is InChI=1S/C13H14FNO4/c14-11-7-10(8-16)1-2-12(11)19-9-13(17)15-3-5-18-6-4-15/h1-2,7-8H,3-6,9H2. The Morgan fingerprint density at radius 3 is 2.79 bits per heavy atom. The fourth-order valence-corrected chi connectivity index (χ4v) is 1.75. The molecular weight excluding hydrogens is 253 g/mol. The van der Waals surface area contributed by atoms with Crippen LogP contribution in [0.3, 0.4) is 0 Å². The Bertz CT molecular complexity index is 472. The summed E-state index contributed by atoms with van der Waals surface area (Å²) in [6, 6.07) is 3.85. The monoisotopic (exact) mass is 267 g/mol. The summed E-state index contributed by atoms with van der Waals surface area (Å²) in [5.41, 5.74) is 0.226. The average molecular weight is 267 g/mol. The summed E-state index contributed by atoms with van der Waals surface area (Å²) in [4.78, 5) is 23.8. The van der Waals surface area contributed by atoms with Gasteiger partial charge in [0, 0.05) is 18.7 Å². The maximum atomic E-state index is 13.5. The van der Waals surface area contributed by atoms with E-state index in [1.165, 1.54) is 12.1 Å². The quantitative estimate of drug-likeness (QED) is 0.760. The minimum atomic E-state index is -0.653. The van der Waals surface area contributed by atoms with Gasteiger partial charge in [0.15, 0.2) is 18.2 Å². The highest BCUT2D eigenvalue weighted by Gasteiger charge is 2.17. The Hall–Kier alpha value is -1.95. The second-order valence-corrected chi connectivity index (χ2v) is 4.09. The number of halogens is 1. The smallest absolute Gasteiger partial charge is 0.260 e. The Kier molecular flexibility index (Phi) is 4.46. The van der Waals surface area contributed by atoms with Crippen LogP contribution in [-0.2, 0) is 9.53 Å². The van der Waals surface area contributed by atoms with E-state index in [2.05, 4.69) is 0 Å². The summed E-state index contributed by atoms with van der Waals surface area (Å²) >= 11 is 0. The molecule has 0 unspecified atom stereocenters. The first-order chi connectivity index (χ1) is 9.20. The number of hydrogen-bond acceptors (Lipinski definition) is 4. The SMILES string of the molecule is O=Cc1ccc(OCC(=O)N2CCOCC2)c(F)c1. The van der Waals surface area contributed by atoms with E-state index in [1.54, 1.807) is 4.90 Å². The molecule has 5 nitrogen and oxygen atoms in total. The minimum absolute atomic E-state index is 0.0350. The Morgan fingerprint density at radius 1 is 1.42 bits per heavy atom. The van der Waals surface area contributed by atoms with Crippen molar-refractivity contribution in [1.82, 2.24) is 4.90 Å². The minimum Gasteiger partial charge on any atom is -0.481 e. The maximum absolute atomic E-state index is 13.5. The van der Waals surface area contributed by atoms with E-state index >= 15 is 0 Å². The fraction of sp³-hybridized carbons (Fsp3) is 0.385. The van der Waals surface area contributed by atoms with Gasteiger partial charge in [-0.1, -0.05) is 0 Å². The molecule has 0 bridgehead atoms. The molecular formula is C13H14FNO4. The largest absolute Gasteiger partial charge is 0.481 e. The lowest BCUT2D eigenvalue weighted by atomic mass is 10.2. The number of nitrogens with zero attached hydrogens (tertiary/aromatic N) is 1. The van der Waals surface area contributed by atoms with E-state index in [-0.39, 0.29) is 23.8 Å². The Labute approximate surface area is 109 Å². The first-order valence-corrected chi connectivity index (χ1v) is 5.94. The molecule has 1 aromatic rings. The van der Waals surface area contributed by atoms with Gasteiger partial charge in [-0.25, -0.2) is 4.39 Å². The maximum Gasteiger partial charge on any atom is 0.260 e. The number of aldehydes is 1. The summed E-state index contributed by atoms with van der Waals surface area (Å²) < 4.78 is 23.8. The number of carbonyl (C=O) groups excluding carboxylic acids is 2. The van der Waals surface area contributed by atoms with Gasteiger partial charge in [0.2, 0.25) is 0 Å². The van der Waals surface area contributed by atoms with Crippen molar-refractivity contribution in [3.05, 3.63) is 29.6 Å². The zero-order chi connectivity index (χ0) is 13.7. The molecule has 1 aliphatic heterocycles. The predicted molar refractivity (Wildman–Crippen MR) is 64.7 cm³/mol. The van der Waals surface area contributed by atoms with Crippen LogP contribution in [0.15, 0.2) is 18.2 Å². The third-order valence-electron chi connectivity index (χ3n) is 2.81. The molecule has 0 spiro atoms. The van der Waals surface area contributed by atoms with Gasteiger partial charge in [0.1, 0.15) is 6.29 Å². The van der Waals surface area contributed by atoms with Crippen LogP contribution in [0.5, 0.6) is 5.75 Å². The van der Waals surface area contributed by atoms with Gasteiger partial charge in [0.25, 0.3) is 5.91 Å². The Balaban J connectivity index is 1.91. The van der Waals surface area contributed by atoms with Crippen molar-refractivity contribution in [3.8, 4) is 5.75 Å². The van der Waals surface area contributed by atoms with E-state index in [0.717, 1.165) is 6.07 Å². The zero-order valence-electron chi connectivity index (χ0n) is 10.3. The van der Waals surface area contributed by atoms with Gasteiger partial charge >= 0.3 is 0 Å². The number of morpholine rings is 1. The summed E-state index contributed by atoms with van der Waals surface area (Å²) in [5.74, 6) is -0.895. The molecule has 0 radical (unpaired) electrons. The number of carbonyl (C=O) groups is 2. The van der Waals surface area contributed by atoms with Gasteiger partial charge in [-0.3, -0.25) is 9.59 Å². The van der Waals surface area contributed by atoms with E-state index in [9.17, 15) is 14.0 Å². The van der Waals surface area contributed by atoms with Crippen molar-refractivity contribution in [3.63, 3.8) is 0 Å². The van der Waals surface area contributed by atoms with Gasteiger partial charge in [0.05, 0.1) is 13.2 Å². The number of amides is 1. The molecule has 0 aliphatic carbocycles. The van der Waals surface area contributed by atoms with Crippen LogP contribution >= 0.6 is 0 Å². The predicted octanol–water partition coefficient (Wildman–Crippen LogP) is 0.876. The normalized spacial score (nSPS) is 15.1. The molecule has 1 saturated heterocycles. The van der Waals surface area contributed by atoms with Crippen LogP contribution in [0, 0.1) is 5.82 Å². The van der Waals surface area contributed by atoms with Crippen molar-refractivity contribution in [2.24, 2.45) is 0 Å². The van der Waals surface area contributed by atoms with Crippen LogP contribution in [0.25, 0.3) is 0 Å². The first kappa shape index (κ1) is 13.5. The van der Waals surface area contributed by atoms with Crippen molar-refractivity contribution in [2.75, 3.05) is 32.9 Å². The highest BCUT2D eigenvalue weighted by molar-refractivity contribution is 5.78. The summed E-state index contributed by atoms with van der Waals surface area (Å²) in [6.45, 7) is 1.84. The average Bonchev–Trinajstić information content (AvgIpc) is 2.46. The lowest BCUT2D eigenvalue weighted by Crippen LogP contribution is -2.43. The molecule has 6 heteroatoms. The molecule has 1 amide bonds. The Morgan fingerprint density at radius 2 is 2.16 bits per heavy atom. The highest BCUT2D eigenvalue weighted by atomic mass is 19.1. The number of rotatable bonds is 4. The highest BCUT2D eigenvalue weighted by Crippen LogP contribution is 2.17. The number of hydrogen-bond donors (Lipinski definition) is 0. The number of ether oxygens (including phenoxy) is 2. The lowest BCUT2D eigenvalue weighted by Gasteiger charge is -2.26. The van der Waals surface area contributed by atoms with E-state index in [1.807, 2.05) is 0 Å². The molecule has 0 aromatic heterocycles. The summed E-state index contributed by atoms with van der Waals surface area (Å²) in [6.07, 6.45) is 0.547. The summed E-state index contributed by atoms with van der Waals surface area (Å²) in [5, 5.41) is 0. The fourth-order valence-electron chi connectivity index (χ4n) is 1.75. The van der Waals surface area contributed by atoms with Crippen molar-refractivity contribution < 1.29 is 23.5 Å². The van der Waals surface area contributed by atoms with Crippen LogP contribution in [0.4, 0.5) is 4.39 Å². The molecule has 102 valence electrons. The van der Waals surface area contributed by atoms with E-state index in [4.69, 9.17) is 9.47 Å². The third-order valence-corrected chi connectivity index (χ3v) is 2.81. The van der Waals surface area contributed by atoms with Gasteiger partial charge in [-0.15, -0.1) is 0 Å². The molecule has 1 fully saturated rings. The zero-order valence-corrected chi connectivity index (χ0v) is 10.3. The molecule has 19 heavy (non-hydrogen) atoms. The molecule has 0 N–H and O–H groups in total. The topological polar surface area (TPSA) is 55.8 Å². The van der Waals surface area contributed by atoms with Crippen LogP contribution in [-0.4, -0.2) is 50.0 Å². The molecule has 0 atom stereocenters. The van der Waals surface area contributed by atoms with Crippen LogP contribution in [0.2, 0.25) is 0 Å². The first-order valence-electron chi connectivity index (χ1n) is 5.94. The summed E-state index contributed by atoms with van der Waals surface area (Å²) in [7, 11) is 0. The third kappa shape index (κ3) is 3.51. The van der Waals surface area contributed by atoms with Crippen molar-refractivity contribution in [1.29, 1.82) is 0 Å². The molecule has 0 saturated carbocycles. The van der Waals surface area contributed by atoms with Gasteiger partial charge < -0.3 is 14.4 Å². The molecule has 2 rings (SSSR count). The van der Waals surface area contributed by atoms with E-state index in [0.29, 0.717) is 32.6 Å². The molecule has 1 heterocycles. The van der Waals surface area contributed by atoms with Crippen LogP contribution in [0.1, 0.15) is 10.4 Å². The van der Waals surface area contributed by atoms with Gasteiger partial charge in [-0.2, -0.15) is 0 Å². The second kappa shape index (κ2) is 6.29. The molecule has 1 aromatic carbocycles. The van der Waals surface area contributed by atoms with Crippen molar-refractivity contribution in [2.45, 2.75) is 0 Å². The van der Waals surface area contributed by atoms with Gasteiger partial charge in [-0.05, 0) is 18.2 Å². The molecule has 1 aliphatic rings. The second-order valence-electron chi connectivity index (χ2n) is 4.09. The lowest BCUT2D eigenvalue weighted by molar-refractivity contribution is -0.137. The van der Waals surface area contributed by atoms with Crippen LogP contribution < -0.4 is 4.74 Å². The number of benzene rings is 1. The van der Waals surface area contributed by atoms with Crippen molar-refractivity contribution >= 4 is 12.2 Å². The van der Waals surface area contributed by atoms with E-state index < -0.39 is 5.82 Å².